The fraction of sp³-hybridized carbons (Fsp3) is 0.538. The summed E-state index contributed by atoms with van der Waals surface area (Å²) in [7, 11) is 1.40. The second kappa shape index (κ2) is 8.57. The number of methoxy groups -OCH3 is 1. The van der Waals surface area contributed by atoms with Gasteiger partial charge in [-0.2, -0.15) is 0 Å². The van der Waals surface area contributed by atoms with Crippen LogP contribution in [0.5, 0.6) is 0 Å². The summed E-state index contributed by atoms with van der Waals surface area (Å²) in [4.78, 5) is 20.6. The van der Waals surface area contributed by atoms with Gasteiger partial charge < -0.3 is 25.0 Å². The zero-order valence-corrected chi connectivity index (χ0v) is 20.4. The number of aliphatic hydroxyl groups is 1. The SMILES string of the molecule is COC(=O)c1c(N2C[C@H]3C[C@H](O)C[C@H]3C2)sc(-c2ccc3c(c2)ncn3C2CCCCC2)c1N. The third-order valence-electron chi connectivity index (χ3n) is 8.13. The van der Waals surface area contributed by atoms with E-state index in [1.165, 1.54) is 39.2 Å². The van der Waals surface area contributed by atoms with E-state index >= 15 is 0 Å². The Morgan fingerprint density at radius 2 is 1.91 bits per heavy atom. The van der Waals surface area contributed by atoms with Gasteiger partial charge >= 0.3 is 5.97 Å². The lowest BCUT2D eigenvalue weighted by molar-refractivity contribution is 0.0603. The minimum absolute atomic E-state index is 0.193. The zero-order valence-electron chi connectivity index (χ0n) is 19.6. The highest BCUT2D eigenvalue weighted by Gasteiger charge is 2.42. The number of hydrogen-bond donors (Lipinski definition) is 2. The molecular formula is C26H32N4O3S. The molecule has 3 heterocycles. The molecule has 0 unspecified atom stereocenters. The molecule has 3 atom stereocenters. The van der Waals surface area contributed by atoms with Gasteiger partial charge in [0.15, 0.2) is 0 Å². The van der Waals surface area contributed by atoms with Crippen molar-refractivity contribution < 1.29 is 14.6 Å². The molecule has 0 bridgehead atoms. The van der Waals surface area contributed by atoms with Crippen LogP contribution >= 0.6 is 11.3 Å². The van der Waals surface area contributed by atoms with Gasteiger partial charge in [0.05, 0.1) is 41.1 Å². The first-order valence-electron chi connectivity index (χ1n) is 12.4. The second-order valence-electron chi connectivity index (χ2n) is 10.2. The molecule has 3 N–H and O–H groups in total. The molecule has 2 saturated carbocycles. The normalized spacial score (nSPS) is 25.2. The summed E-state index contributed by atoms with van der Waals surface area (Å²) in [6, 6.07) is 6.87. The Kier molecular flexibility index (Phi) is 5.53. The van der Waals surface area contributed by atoms with E-state index in [1.807, 2.05) is 6.33 Å². The van der Waals surface area contributed by atoms with Crippen LogP contribution in [0.4, 0.5) is 10.7 Å². The summed E-state index contributed by atoms with van der Waals surface area (Å²) in [5.74, 6) is 0.537. The molecule has 6 rings (SSSR count). The van der Waals surface area contributed by atoms with Gasteiger partial charge in [-0.1, -0.05) is 25.3 Å². The average molecular weight is 481 g/mol. The number of nitrogen functional groups attached to an aromatic ring is 1. The van der Waals surface area contributed by atoms with E-state index in [2.05, 4.69) is 27.7 Å². The number of hydrogen-bond acceptors (Lipinski definition) is 7. The summed E-state index contributed by atoms with van der Waals surface area (Å²) >= 11 is 1.57. The molecule has 180 valence electrons. The highest BCUT2D eigenvalue weighted by molar-refractivity contribution is 7.20. The number of benzene rings is 1. The standard InChI is InChI=1S/C26H32N4O3S/c1-33-26(32)22-23(27)24(34-25(22)29-12-16-9-19(31)10-17(16)13-29)15-7-8-21-20(11-15)28-14-30(21)18-5-3-2-4-6-18/h7-8,11,14,16-19,31H,2-6,9-10,12-13,27H2,1H3/t16-,17+,19+. The van der Waals surface area contributed by atoms with Crippen LogP contribution in [-0.4, -0.2) is 46.9 Å². The Morgan fingerprint density at radius 3 is 2.62 bits per heavy atom. The summed E-state index contributed by atoms with van der Waals surface area (Å²) in [6.45, 7) is 1.69. The number of aromatic nitrogens is 2. The Labute approximate surface area is 203 Å². The fourth-order valence-corrected chi connectivity index (χ4v) is 7.65. The number of thiophene rings is 1. The van der Waals surface area contributed by atoms with Gasteiger partial charge in [0.2, 0.25) is 0 Å². The molecule has 8 heteroatoms. The predicted octanol–water partition coefficient (Wildman–Crippen LogP) is 4.85. The predicted molar refractivity (Wildman–Crippen MR) is 135 cm³/mol. The monoisotopic (exact) mass is 480 g/mol. The smallest absolute Gasteiger partial charge is 0.343 e. The number of nitrogens with two attached hydrogens (primary N) is 1. The van der Waals surface area contributed by atoms with Gasteiger partial charge in [-0.25, -0.2) is 9.78 Å². The largest absolute Gasteiger partial charge is 0.465 e. The van der Waals surface area contributed by atoms with Crippen molar-refractivity contribution in [3.63, 3.8) is 0 Å². The molecule has 3 aromatic rings. The maximum Gasteiger partial charge on any atom is 0.343 e. The van der Waals surface area contributed by atoms with Crippen LogP contribution in [0.2, 0.25) is 0 Å². The lowest BCUT2D eigenvalue weighted by Crippen LogP contribution is -2.23. The van der Waals surface area contributed by atoms with Gasteiger partial charge in [-0.3, -0.25) is 0 Å². The van der Waals surface area contributed by atoms with Crippen molar-refractivity contribution in [2.45, 2.75) is 57.1 Å². The third-order valence-corrected chi connectivity index (χ3v) is 9.45. The number of imidazole rings is 1. The molecule has 1 aromatic carbocycles. The maximum absolute atomic E-state index is 12.8. The topological polar surface area (TPSA) is 93.6 Å². The van der Waals surface area contributed by atoms with E-state index in [9.17, 15) is 9.90 Å². The molecule has 0 spiro atoms. The second-order valence-corrected chi connectivity index (χ2v) is 11.2. The van der Waals surface area contributed by atoms with Crippen LogP contribution < -0.4 is 10.6 Å². The van der Waals surface area contributed by atoms with E-state index in [4.69, 9.17) is 15.5 Å². The van der Waals surface area contributed by atoms with Crippen LogP contribution in [0.1, 0.15) is 61.3 Å². The molecule has 1 aliphatic heterocycles. The lowest BCUT2D eigenvalue weighted by atomic mass is 9.95. The summed E-state index contributed by atoms with van der Waals surface area (Å²) < 4.78 is 7.46. The Morgan fingerprint density at radius 1 is 1.18 bits per heavy atom. The van der Waals surface area contributed by atoms with Crippen molar-refractivity contribution in [3.05, 3.63) is 30.1 Å². The number of esters is 1. The number of anilines is 2. The molecular weight excluding hydrogens is 448 g/mol. The molecule has 0 radical (unpaired) electrons. The van der Waals surface area contributed by atoms with Crippen molar-refractivity contribution in [1.29, 1.82) is 0 Å². The van der Waals surface area contributed by atoms with Gasteiger partial charge in [0.1, 0.15) is 10.6 Å². The first-order chi connectivity index (χ1) is 16.5. The highest BCUT2D eigenvalue weighted by Crippen LogP contribution is 2.49. The van der Waals surface area contributed by atoms with Gasteiger partial charge in [-0.05, 0) is 55.2 Å². The quantitative estimate of drug-likeness (QED) is 0.519. The lowest BCUT2D eigenvalue weighted by Gasteiger charge is -2.23. The number of aliphatic hydroxyl groups excluding tert-OH is 1. The van der Waals surface area contributed by atoms with E-state index in [0.29, 0.717) is 29.1 Å². The van der Waals surface area contributed by atoms with Crippen molar-refractivity contribution in [1.82, 2.24) is 9.55 Å². The molecule has 7 nitrogen and oxygen atoms in total. The minimum atomic E-state index is -0.394. The molecule has 0 amide bonds. The average Bonchev–Trinajstić information content (AvgIpc) is 3.59. The number of ether oxygens (including phenoxy) is 1. The van der Waals surface area contributed by atoms with Crippen LogP contribution in [0.15, 0.2) is 24.5 Å². The molecule has 3 fully saturated rings. The maximum atomic E-state index is 12.8. The van der Waals surface area contributed by atoms with Crippen molar-refractivity contribution >= 4 is 39.0 Å². The molecule has 34 heavy (non-hydrogen) atoms. The van der Waals surface area contributed by atoms with Gasteiger partial charge in [-0.15, -0.1) is 11.3 Å². The van der Waals surface area contributed by atoms with E-state index in [-0.39, 0.29) is 6.10 Å². The highest BCUT2D eigenvalue weighted by atomic mass is 32.1. The molecule has 1 saturated heterocycles. The molecule has 2 aliphatic carbocycles. The number of nitrogens with zero attached hydrogens (tertiary/aromatic N) is 3. The van der Waals surface area contributed by atoms with Crippen LogP contribution in [-0.2, 0) is 4.74 Å². The Balaban J connectivity index is 1.36. The van der Waals surface area contributed by atoms with Crippen molar-refractivity contribution in [2.75, 3.05) is 30.8 Å². The summed E-state index contributed by atoms with van der Waals surface area (Å²) in [5, 5.41) is 10.9. The van der Waals surface area contributed by atoms with E-state index in [0.717, 1.165) is 52.4 Å². The number of carbonyl (C=O) groups excluding carboxylic acids is 1. The van der Waals surface area contributed by atoms with E-state index < -0.39 is 5.97 Å². The van der Waals surface area contributed by atoms with Crippen LogP contribution in [0, 0.1) is 11.8 Å². The summed E-state index contributed by atoms with van der Waals surface area (Å²) in [5.41, 5.74) is 10.7. The van der Waals surface area contributed by atoms with Gasteiger partial charge in [0, 0.05) is 19.1 Å². The third kappa shape index (κ3) is 3.58. The van der Waals surface area contributed by atoms with E-state index in [1.54, 1.807) is 11.3 Å². The fourth-order valence-electron chi connectivity index (χ4n) is 6.42. The number of carbonyl (C=O) groups is 1. The zero-order chi connectivity index (χ0) is 23.4. The summed E-state index contributed by atoms with van der Waals surface area (Å²) in [6.07, 6.45) is 9.78. The van der Waals surface area contributed by atoms with Crippen molar-refractivity contribution in [2.24, 2.45) is 11.8 Å². The molecule has 3 aliphatic rings. The Bertz CT molecular complexity index is 1210. The van der Waals surface area contributed by atoms with Crippen LogP contribution in [0.25, 0.3) is 21.5 Å². The number of fused-ring (bicyclic) bond motifs is 2. The van der Waals surface area contributed by atoms with Crippen molar-refractivity contribution in [3.8, 4) is 10.4 Å². The number of rotatable bonds is 4. The first-order valence-corrected chi connectivity index (χ1v) is 13.3. The first kappa shape index (κ1) is 21.9. The minimum Gasteiger partial charge on any atom is -0.465 e. The van der Waals surface area contributed by atoms with Crippen LogP contribution in [0.3, 0.4) is 0 Å². The Hall–Kier alpha value is -2.58. The van der Waals surface area contributed by atoms with Gasteiger partial charge in [0.25, 0.3) is 0 Å². The molecule has 2 aromatic heterocycles.